The zero-order valence-corrected chi connectivity index (χ0v) is 55.5. The van der Waals surface area contributed by atoms with E-state index in [1.807, 2.05) is 84.9 Å². The second kappa shape index (κ2) is 34.8. The standard InChI is InChI=1S/C63H78N11O16PS2/c1-9-65-48-31-50-46(28-39(48)3)58(47-29-40(4)49(66-10-2)32-51(47)89-50)44-19-11-12-20-45(44)61(79)73(8)25-15-21-54(75)68-23-24-69-59(77)41-16-13-18-43(30-41)86-37-56(71-72-64)85-27-26-84-36-55(76)67-22-14-17-42-34-74(62(80)70-60(42)78)57-33-52(87-38-92-93-63(5,6)7)53(90-57)35-88-91(81,82)83/h11-13,16,18-20,28-32,34,52-53,56-57,65H,9-10,15,21-27,33,35-38H2,1-8H3,(H,67,76)(H,68,75)(H,69,77)(H,70,78,80)(H2,81,82,83)/b66-49-/t52?,53-,56?,57-/m1/s1. The molecular formula is C63H78N11O16PS2. The van der Waals surface area contributed by atoms with Gasteiger partial charge in [-0.3, -0.25) is 43.0 Å². The molecule has 93 heavy (non-hydrogen) atoms. The van der Waals surface area contributed by atoms with Gasteiger partial charge in [0.2, 0.25) is 11.8 Å². The average Bonchev–Trinajstić information content (AvgIpc) is 1.20. The van der Waals surface area contributed by atoms with Crippen molar-refractivity contribution in [1.29, 1.82) is 0 Å². The van der Waals surface area contributed by atoms with Gasteiger partial charge in [-0.05, 0) is 92.7 Å². The smallest absolute Gasteiger partial charge is 0.469 e. The molecule has 7 rings (SSSR count). The molecule has 4 amide bonds. The van der Waals surface area contributed by atoms with Crippen LogP contribution in [0.2, 0.25) is 0 Å². The van der Waals surface area contributed by atoms with Gasteiger partial charge < -0.3 is 64.1 Å². The maximum absolute atomic E-state index is 14.3. The highest BCUT2D eigenvalue weighted by Gasteiger charge is 2.39. The summed E-state index contributed by atoms with van der Waals surface area (Å²) in [7, 11) is -0.133. The summed E-state index contributed by atoms with van der Waals surface area (Å²) < 4.78 is 52.3. The van der Waals surface area contributed by atoms with Crippen molar-refractivity contribution in [3.05, 3.63) is 143 Å². The number of anilines is 1. The Morgan fingerprint density at radius 2 is 1.76 bits per heavy atom. The van der Waals surface area contributed by atoms with Crippen LogP contribution in [0.3, 0.4) is 0 Å². The Morgan fingerprint density at radius 1 is 0.978 bits per heavy atom. The van der Waals surface area contributed by atoms with Crippen LogP contribution < -0.4 is 42.6 Å². The predicted molar refractivity (Wildman–Crippen MR) is 354 cm³/mol. The number of phosphoric acid groups is 1. The first-order valence-corrected chi connectivity index (χ1v) is 33.8. The quantitative estimate of drug-likeness (QED) is 0.00246. The summed E-state index contributed by atoms with van der Waals surface area (Å²) in [4.78, 5) is 108. The second-order valence-electron chi connectivity index (χ2n) is 22.3. The number of phosphoric ester groups is 1. The molecule has 0 bridgehead atoms. The number of hydrogen-bond acceptors (Lipinski definition) is 19. The van der Waals surface area contributed by atoms with Crippen molar-refractivity contribution in [3.8, 4) is 40.0 Å². The van der Waals surface area contributed by atoms with Crippen LogP contribution in [0, 0.1) is 25.7 Å². The van der Waals surface area contributed by atoms with Crippen LogP contribution in [-0.2, 0) is 37.6 Å². The number of nitrogens with one attached hydrogen (secondary N) is 5. The van der Waals surface area contributed by atoms with Gasteiger partial charge in [0.15, 0.2) is 6.23 Å². The number of rotatable bonds is 32. The largest absolute Gasteiger partial charge is 0.491 e. The maximum Gasteiger partial charge on any atom is 0.469 e. The number of carbonyl (C=O) groups is 4. The minimum atomic E-state index is -4.85. The summed E-state index contributed by atoms with van der Waals surface area (Å²) in [6, 6.07) is 21.9. The highest BCUT2D eigenvalue weighted by molar-refractivity contribution is 8.77. The normalized spacial score (nSPS) is 15.2. The lowest BCUT2D eigenvalue weighted by Gasteiger charge is -2.22. The Kier molecular flexibility index (Phi) is 27.1. The summed E-state index contributed by atoms with van der Waals surface area (Å²) in [6.45, 7) is 14.5. The van der Waals surface area contributed by atoms with E-state index in [1.165, 1.54) is 23.1 Å². The monoisotopic (exact) mass is 1340 g/mol. The number of ether oxygens (including phenoxy) is 5. The van der Waals surface area contributed by atoms with Crippen LogP contribution in [0.1, 0.15) is 97.5 Å². The lowest BCUT2D eigenvalue weighted by atomic mass is 9.89. The molecule has 2 aliphatic heterocycles. The van der Waals surface area contributed by atoms with Gasteiger partial charge >= 0.3 is 13.5 Å². The van der Waals surface area contributed by atoms with Gasteiger partial charge in [-0.1, -0.05) is 83.6 Å². The minimum absolute atomic E-state index is 0.0612. The third kappa shape index (κ3) is 21.8. The fourth-order valence-corrected chi connectivity index (χ4v) is 12.1. The molecule has 1 fully saturated rings. The van der Waals surface area contributed by atoms with Crippen molar-refractivity contribution >= 4 is 69.7 Å². The molecule has 498 valence electrons. The zero-order valence-electron chi connectivity index (χ0n) is 53.0. The van der Waals surface area contributed by atoms with Crippen molar-refractivity contribution < 1.29 is 66.2 Å². The number of amides is 4. The summed E-state index contributed by atoms with van der Waals surface area (Å²) in [5.74, 6) is 4.95. The molecule has 0 spiro atoms. The Bertz CT molecular complexity index is 3950. The third-order valence-corrected chi connectivity index (χ3v) is 17.5. The predicted octanol–water partition coefficient (Wildman–Crippen LogP) is 7.56. The van der Waals surface area contributed by atoms with Gasteiger partial charge in [-0.15, -0.1) is 0 Å². The van der Waals surface area contributed by atoms with Crippen LogP contribution in [-0.4, -0.2) is 156 Å². The molecule has 7 N–H and O–H groups in total. The molecule has 4 aromatic rings. The molecule has 30 heteroatoms. The summed E-state index contributed by atoms with van der Waals surface area (Å²) in [5.41, 5.74) is 14.3. The average molecular weight is 1340 g/mol. The summed E-state index contributed by atoms with van der Waals surface area (Å²) in [6.07, 6.45) is -2.01. The van der Waals surface area contributed by atoms with E-state index in [1.54, 1.807) is 40.9 Å². The van der Waals surface area contributed by atoms with Crippen molar-refractivity contribution in [2.45, 2.75) is 97.1 Å². The number of benzene rings is 4. The van der Waals surface area contributed by atoms with Crippen molar-refractivity contribution in [1.82, 2.24) is 30.4 Å². The number of fused-ring (bicyclic) bond motifs is 2. The molecule has 3 heterocycles. The van der Waals surface area contributed by atoms with E-state index >= 15 is 0 Å². The topological polar surface area (TPSA) is 362 Å². The molecule has 27 nitrogen and oxygen atoms in total. The van der Waals surface area contributed by atoms with Crippen molar-refractivity contribution in [2.75, 3.05) is 90.6 Å². The number of azide groups is 1. The zero-order chi connectivity index (χ0) is 67.2. The first-order chi connectivity index (χ1) is 44.4. The van der Waals surface area contributed by atoms with Gasteiger partial charge in [-0.2, -0.15) is 0 Å². The fraction of sp³-hybridized carbons (Fsp3) is 0.444. The van der Waals surface area contributed by atoms with Crippen LogP contribution in [0.5, 0.6) is 5.75 Å². The first kappa shape index (κ1) is 72.5. The summed E-state index contributed by atoms with van der Waals surface area (Å²) in [5, 5.41) is 16.8. The number of carbonyl (C=O) groups excluding carboxylic acids is 4. The molecule has 1 aromatic heterocycles. The SMILES string of the molecule is CC/N=c1/cc2oc3cc(NCC)c(C)cc3c(-c3ccccc3C(=O)N(C)CCCC(=O)NCCNC(=O)c3cccc(OCC(N=[N+]=[N-])OCCOCC(=O)NCC#Cc4cn([C@H]5CC(OCSSC(C)(C)C)[C@@H](COP(=O)(O)O)O5)c(=O)[nH]c4=O)c3)c-2cc1C. The van der Waals surface area contributed by atoms with Gasteiger partial charge in [0.25, 0.3) is 17.4 Å². The molecule has 1 saturated heterocycles. The second-order valence-corrected chi connectivity index (χ2v) is 26.6. The molecule has 3 aromatic carbocycles. The Balaban J connectivity index is 0.804. The van der Waals surface area contributed by atoms with Crippen LogP contribution >= 0.6 is 29.4 Å². The highest BCUT2D eigenvalue weighted by Crippen LogP contribution is 2.44. The van der Waals surface area contributed by atoms with E-state index in [-0.39, 0.29) is 91.7 Å². The lowest BCUT2D eigenvalue weighted by molar-refractivity contribution is -0.126. The maximum atomic E-state index is 14.3. The number of H-pyrrole nitrogens is 1. The van der Waals surface area contributed by atoms with E-state index in [2.05, 4.69) is 69.8 Å². The Morgan fingerprint density at radius 3 is 2.52 bits per heavy atom. The van der Waals surface area contributed by atoms with E-state index in [0.29, 0.717) is 36.4 Å². The molecule has 4 atom stereocenters. The highest BCUT2D eigenvalue weighted by atomic mass is 33.1. The fourth-order valence-electron chi connectivity index (χ4n) is 9.72. The van der Waals surface area contributed by atoms with Crippen molar-refractivity contribution in [3.63, 3.8) is 0 Å². The minimum Gasteiger partial charge on any atom is -0.491 e. The molecule has 2 unspecified atom stereocenters. The number of aryl methyl sites for hydroxylation is 2. The van der Waals surface area contributed by atoms with E-state index < -0.39 is 68.8 Å². The number of nitrogens with zero attached hydrogens (tertiary/aromatic N) is 6. The molecular weight excluding hydrogens is 1260 g/mol. The van der Waals surface area contributed by atoms with E-state index in [9.17, 15) is 43.1 Å². The van der Waals surface area contributed by atoms with Crippen LogP contribution in [0.4, 0.5) is 5.69 Å². The lowest BCUT2D eigenvalue weighted by Crippen LogP contribution is -2.35. The molecule has 0 radical (unpaired) electrons. The Hall–Kier alpha value is -7.97. The number of aromatic nitrogens is 2. The van der Waals surface area contributed by atoms with Gasteiger partial charge in [-0.25, -0.2) is 9.36 Å². The van der Waals surface area contributed by atoms with Crippen LogP contribution in [0.25, 0.3) is 43.9 Å². The van der Waals surface area contributed by atoms with Gasteiger partial charge in [0, 0.05) is 114 Å². The Labute approximate surface area is 545 Å². The third-order valence-electron chi connectivity index (χ3n) is 14.0. The molecule has 1 aliphatic carbocycles. The van der Waals surface area contributed by atoms with Gasteiger partial charge in [0.1, 0.15) is 54.1 Å². The summed E-state index contributed by atoms with van der Waals surface area (Å²) >= 11 is 0. The van der Waals surface area contributed by atoms with Crippen molar-refractivity contribution in [2.24, 2.45) is 10.1 Å². The van der Waals surface area contributed by atoms with E-state index in [4.69, 9.17) is 33.6 Å². The molecule has 3 aliphatic rings. The van der Waals surface area contributed by atoms with Crippen LogP contribution in [0.15, 0.2) is 103 Å². The first-order valence-electron chi connectivity index (χ1n) is 30.0. The van der Waals surface area contributed by atoms with E-state index in [0.717, 1.165) is 55.4 Å². The number of aromatic amines is 1. The molecule has 0 saturated carbocycles. The van der Waals surface area contributed by atoms with Gasteiger partial charge in [0.05, 0.1) is 37.8 Å². The number of hydrogen-bond donors (Lipinski definition) is 7.